The van der Waals surface area contributed by atoms with Crippen LogP contribution in [0.3, 0.4) is 0 Å². The third-order valence-corrected chi connectivity index (χ3v) is 5.64. The number of nitriles is 1. The fourth-order valence-electron chi connectivity index (χ4n) is 3.74. The van der Waals surface area contributed by atoms with Crippen LogP contribution in [0.15, 0.2) is 54.6 Å². The van der Waals surface area contributed by atoms with Crippen molar-refractivity contribution < 1.29 is 19.0 Å². The van der Waals surface area contributed by atoms with Crippen molar-refractivity contribution >= 4 is 11.7 Å². The Morgan fingerprint density at radius 2 is 1.71 bits per heavy atom. The van der Waals surface area contributed by atoms with Gasteiger partial charge < -0.3 is 24.0 Å². The molecular formula is C25H25N5O4. The summed E-state index contributed by atoms with van der Waals surface area (Å²) >= 11 is 0. The van der Waals surface area contributed by atoms with Gasteiger partial charge in [0.15, 0.2) is 23.9 Å². The smallest absolute Gasteiger partial charge is 0.260 e. The number of rotatable bonds is 7. The van der Waals surface area contributed by atoms with Crippen LogP contribution < -0.4 is 19.1 Å². The lowest BCUT2D eigenvalue weighted by atomic mass is 10.1. The van der Waals surface area contributed by atoms with Crippen molar-refractivity contribution in [2.24, 2.45) is 0 Å². The molecule has 4 rings (SSSR count). The molecule has 1 saturated heterocycles. The highest BCUT2D eigenvalue weighted by atomic mass is 16.5. The van der Waals surface area contributed by atoms with Crippen LogP contribution in [0.2, 0.25) is 0 Å². The number of anilines is 1. The minimum atomic E-state index is -0.109. The summed E-state index contributed by atoms with van der Waals surface area (Å²) in [7, 11) is 3.19. The van der Waals surface area contributed by atoms with Gasteiger partial charge in [0.25, 0.3) is 5.91 Å². The lowest BCUT2D eigenvalue weighted by Crippen LogP contribution is -2.50. The number of ether oxygens (including phenoxy) is 3. The van der Waals surface area contributed by atoms with Gasteiger partial charge in [0.2, 0.25) is 0 Å². The lowest BCUT2D eigenvalue weighted by Gasteiger charge is -2.35. The summed E-state index contributed by atoms with van der Waals surface area (Å²) in [5, 5.41) is 17.9. The van der Waals surface area contributed by atoms with E-state index < -0.39 is 0 Å². The number of piperazine rings is 1. The van der Waals surface area contributed by atoms with E-state index in [0.29, 0.717) is 49.0 Å². The van der Waals surface area contributed by atoms with Crippen LogP contribution in [-0.2, 0) is 4.79 Å². The monoisotopic (exact) mass is 459 g/mol. The second kappa shape index (κ2) is 10.5. The van der Waals surface area contributed by atoms with Gasteiger partial charge in [0.05, 0.1) is 25.5 Å². The van der Waals surface area contributed by atoms with E-state index in [1.54, 1.807) is 43.4 Å². The van der Waals surface area contributed by atoms with E-state index in [4.69, 9.17) is 19.5 Å². The van der Waals surface area contributed by atoms with Gasteiger partial charge in [-0.15, -0.1) is 10.2 Å². The van der Waals surface area contributed by atoms with E-state index in [2.05, 4.69) is 21.2 Å². The highest BCUT2D eigenvalue weighted by Crippen LogP contribution is 2.31. The summed E-state index contributed by atoms with van der Waals surface area (Å²) in [6.45, 7) is 2.30. The topological polar surface area (TPSA) is 101 Å². The summed E-state index contributed by atoms with van der Waals surface area (Å²) in [6, 6.07) is 18.4. The summed E-state index contributed by atoms with van der Waals surface area (Å²) < 4.78 is 16.2. The zero-order valence-corrected chi connectivity index (χ0v) is 19.1. The molecule has 1 aromatic heterocycles. The number of aromatic nitrogens is 2. The molecule has 174 valence electrons. The Morgan fingerprint density at radius 3 is 2.38 bits per heavy atom. The summed E-state index contributed by atoms with van der Waals surface area (Å²) in [5.41, 5.74) is 2.02. The molecule has 9 heteroatoms. The van der Waals surface area contributed by atoms with Gasteiger partial charge in [-0.3, -0.25) is 4.79 Å². The predicted octanol–water partition coefficient (Wildman–Crippen LogP) is 2.76. The van der Waals surface area contributed by atoms with Crippen LogP contribution in [0.4, 0.5) is 5.82 Å². The Labute approximate surface area is 198 Å². The first-order chi connectivity index (χ1) is 16.6. The number of amides is 1. The summed E-state index contributed by atoms with van der Waals surface area (Å²) in [5.74, 6) is 2.36. The molecule has 1 aliphatic heterocycles. The van der Waals surface area contributed by atoms with E-state index in [-0.39, 0.29) is 12.5 Å². The quantitative estimate of drug-likeness (QED) is 0.532. The van der Waals surface area contributed by atoms with Gasteiger partial charge in [0, 0.05) is 31.7 Å². The number of nitrogens with zero attached hydrogens (tertiary/aromatic N) is 5. The third kappa shape index (κ3) is 5.02. The van der Waals surface area contributed by atoms with Gasteiger partial charge in [-0.05, 0) is 42.5 Å². The van der Waals surface area contributed by atoms with E-state index in [9.17, 15) is 4.79 Å². The molecule has 0 atom stereocenters. The third-order valence-electron chi connectivity index (χ3n) is 5.64. The second-order valence-corrected chi connectivity index (χ2v) is 7.61. The van der Waals surface area contributed by atoms with Crippen molar-refractivity contribution in [1.82, 2.24) is 15.1 Å². The van der Waals surface area contributed by atoms with E-state index >= 15 is 0 Å². The molecule has 0 radical (unpaired) electrons. The van der Waals surface area contributed by atoms with Crippen molar-refractivity contribution in [3.05, 3.63) is 60.2 Å². The maximum atomic E-state index is 12.6. The van der Waals surface area contributed by atoms with Gasteiger partial charge in [0.1, 0.15) is 11.8 Å². The minimum absolute atomic E-state index is 0.0987. The Bertz CT molecular complexity index is 1180. The van der Waals surface area contributed by atoms with E-state index in [0.717, 1.165) is 17.1 Å². The van der Waals surface area contributed by atoms with Gasteiger partial charge in [-0.2, -0.15) is 5.26 Å². The normalized spacial score (nSPS) is 13.2. The molecule has 1 fully saturated rings. The number of benzene rings is 2. The van der Waals surface area contributed by atoms with Crippen molar-refractivity contribution in [3.63, 3.8) is 0 Å². The van der Waals surface area contributed by atoms with Crippen LogP contribution in [0.25, 0.3) is 11.3 Å². The molecule has 0 N–H and O–H groups in total. The van der Waals surface area contributed by atoms with Crippen LogP contribution in [-0.4, -0.2) is 68.0 Å². The maximum Gasteiger partial charge on any atom is 0.260 e. The maximum absolute atomic E-state index is 12.6. The average Bonchev–Trinajstić information content (AvgIpc) is 2.91. The number of hydrogen-bond donors (Lipinski definition) is 0. The van der Waals surface area contributed by atoms with Crippen molar-refractivity contribution in [3.8, 4) is 34.6 Å². The average molecular weight is 460 g/mol. The fourth-order valence-corrected chi connectivity index (χ4v) is 3.74. The lowest BCUT2D eigenvalue weighted by molar-refractivity contribution is -0.133. The first-order valence-corrected chi connectivity index (χ1v) is 10.8. The second-order valence-electron chi connectivity index (χ2n) is 7.61. The van der Waals surface area contributed by atoms with Crippen LogP contribution in [0.1, 0.15) is 5.56 Å². The number of hydrogen-bond acceptors (Lipinski definition) is 8. The number of methoxy groups -OCH3 is 2. The molecule has 0 aliphatic carbocycles. The number of para-hydroxylation sites is 1. The standard InChI is InChI=1S/C25H25N5O4/c1-32-22-9-7-18(15-23(22)33-2)20-8-10-24(28-27-20)29-11-13-30(14-12-29)25(31)17-34-21-6-4-3-5-19(21)16-26/h3-10,15H,11-14,17H2,1-2H3. The zero-order valence-electron chi connectivity index (χ0n) is 19.1. The Morgan fingerprint density at radius 1 is 0.941 bits per heavy atom. The van der Waals surface area contributed by atoms with Crippen LogP contribution in [0, 0.1) is 11.3 Å². The van der Waals surface area contributed by atoms with Crippen molar-refractivity contribution in [2.45, 2.75) is 0 Å². The fraction of sp³-hybridized carbons (Fsp3) is 0.280. The summed E-state index contributed by atoms with van der Waals surface area (Å²) in [4.78, 5) is 16.4. The molecule has 2 aromatic carbocycles. The molecule has 3 aromatic rings. The molecule has 1 amide bonds. The molecule has 9 nitrogen and oxygen atoms in total. The number of carbonyl (C=O) groups excluding carboxylic acids is 1. The van der Waals surface area contributed by atoms with E-state index in [1.165, 1.54) is 0 Å². The Kier molecular flexibility index (Phi) is 7.08. The van der Waals surface area contributed by atoms with Gasteiger partial charge in [-0.1, -0.05) is 12.1 Å². The first-order valence-electron chi connectivity index (χ1n) is 10.8. The minimum Gasteiger partial charge on any atom is -0.493 e. The predicted molar refractivity (Wildman–Crippen MR) is 126 cm³/mol. The van der Waals surface area contributed by atoms with E-state index in [1.807, 2.05) is 30.3 Å². The molecule has 0 saturated carbocycles. The Hall–Kier alpha value is -4.32. The van der Waals surface area contributed by atoms with Gasteiger partial charge in [-0.25, -0.2) is 0 Å². The molecule has 0 unspecified atom stereocenters. The molecule has 2 heterocycles. The van der Waals surface area contributed by atoms with Gasteiger partial charge >= 0.3 is 0 Å². The molecular weight excluding hydrogens is 434 g/mol. The van der Waals surface area contributed by atoms with Crippen LogP contribution >= 0.6 is 0 Å². The largest absolute Gasteiger partial charge is 0.493 e. The molecule has 0 bridgehead atoms. The highest BCUT2D eigenvalue weighted by Gasteiger charge is 2.23. The van der Waals surface area contributed by atoms with Crippen LogP contribution in [0.5, 0.6) is 17.2 Å². The SMILES string of the molecule is COc1ccc(-c2ccc(N3CCN(C(=O)COc4ccccc4C#N)CC3)nn2)cc1OC. The highest BCUT2D eigenvalue weighted by molar-refractivity contribution is 5.78. The molecule has 0 spiro atoms. The molecule has 1 aliphatic rings. The zero-order chi connectivity index (χ0) is 23.9. The Balaban J connectivity index is 1.33. The number of carbonyl (C=O) groups is 1. The molecule has 34 heavy (non-hydrogen) atoms. The first kappa shape index (κ1) is 22.9. The summed E-state index contributed by atoms with van der Waals surface area (Å²) in [6.07, 6.45) is 0. The van der Waals surface area contributed by atoms with Crippen molar-refractivity contribution in [2.75, 3.05) is 51.9 Å². The van der Waals surface area contributed by atoms with Crippen molar-refractivity contribution in [1.29, 1.82) is 5.26 Å².